The van der Waals surface area contributed by atoms with Crippen LogP contribution >= 0.6 is 0 Å². The molecule has 50 valence electrons. The summed E-state index contributed by atoms with van der Waals surface area (Å²) in [5, 5.41) is 18.2. The molecule has 0 saturated heterocycles. The van der Waals surface area contributed by atoms with Crippen LogP contribution in [0.5, 0.6) is 0 Å². The zero-order valence-electron chi connectivity index (χ0n) is 5.33. The minimum Gasteiger partial charge on any atom is -0.362 e. The van der Waals surface area contributed by atoms with Gasteiger partial charge in [0.15, 0.2) is 5.79 Å². The Morgan fingerprint density at radius 1 is 1.56 bits per heavy atom. The third kappa shape index (κ3) is 1.20. The number of hydrogen-bond donors (Lipinski definition) is 2. The molecule has 1 aliphatic rings. The molecule has 0 bridgehead atoms. The molecule has 0 aromatic carbocycles. The number of hydrogen-bond acceptors (Lipinski definition) is 2. The van der Waals surface area contributed by atoms with Gasteiger partial charge in [-0.05, 0) is 12.5 Å². The highest BCUT2D eigenvalue weighted by molar-refractivity contribution is 5.22. The highest BCUT2D eigenvalue weighted by Crippen LogP contribution is 2.21. The molecule has 0 atom stereocenters. The van der Waals surface area contributed by atoms with E-state index in [1.165, 1.54) is 0 Å². The summed E-state index contributed by atoms with van der Waals surface area (Å²) in [4.78, 5) is 0. The van der Waals surface area contributed by atoms with E-state index in [0.717, 1.165) is 0 Å². The highest BCUT2D eigenvalue weighted by Gasteiger charge is 2.24. The van der Waals surface area contributed by atoms with Crippen molar-refractivity contribution in [2.75, 3.05) is 0 Å². The van der Waals surface area contributed by atoms with E-state index >= 15 is 0 Å². The Labute approximate surface area is 54.1 Å². The smallest absolute Gasteiger partial charge is 0.189 e. The molecular weight excluding hydrogens is 116 g/mol. The predicted octanol–water partition coefficient (Wildman–Crippen LogP) is 0.573. The van der Waals surface area contributed by atoms with E-state index in [-0.39, 0.29) is 0 Å². The molecule has 0 spiro atoms. The van der Waals surface area contributed by atoms with E-state index in [1.807, 2.05) is 6.08 Å². The maximum absolute atomic E-state index is 9.08. The maximum atomic E-state index is 9.08. The summed E-state index contributed by atoms with van der Waals surface area (Å²) in [5.74, 6) is -1.59. The van der Waals surface area contributed by atoms with Crippen LogP contribution in [0.2, 0.25) is 0 Å². The van der Waals surface area contributed by atoms with E-state index < -0.39 is 5.79 Å². The molecule has 0 unspecified atom stereocenters. The first-order valence-corrected chi connectivity index (χ1v) is 2.91. The molecule has 1 rings (SSSR count). The zero-order chi connectivity index (χ0) is 6.91. The van der Waals surface area contributed by atoms with Crippen LogP contribution < -0.4 is 0 Å². The average Bonchev–Trinajstić information content (AvgIpc) is 1.77. The third-order valence-corrected chi connectivity index (χ3v) is 1.52. The molecule has 2 heteroatoms. The van der Waals surface area contributed by atoms with Gasteiger partial charge in [0.1, 0.15) is 0 Å². The first-order chi connectivity index (χ1) is 4.13. The summed E-state index contributed by atoms with van der Waals surface area (Å²) in [6.45, 7) is 1.70. The molecule has 0 fully saturated rings. The van der Waals surface area contributed by atoms with Crippen molar-refractivity contribution in [3.05, 3.63) is 23.8 Å². The quantitative estimate of drug-likeness (QED) is 0.466. The van der Waals surface area contributed by atoms with Gasteiger partial charge in [-0.1, -0.05) is 18.2 Å². The third-order valence-electron chi connectivity index (χ3n) is 1.52. The molecule has 1 aliphatic carbocycles. The molecule has 0 heterocycles. The molecule has 0 aromatic heterocycles. The van der Waals surface area contributed by atoms with Gasteiger partial charge in [0.2, 0.25) is 0 Å². The molecule has 0 aromatic rings. The monoisotopic (exact) mass is 126 g/mol. The topological polar surface area (TPSA) is 40.5 Å². The zero-order valence-corrected chi connectivity index (χ0v) is 5.33. The van der Waals surface area contributed by atoms with Crippen molar-refractivity contribution < 1.29 is 10.2 Å². The Morgan fingerprint density at radius 2 is 2.22 bits per heavy atom. The first kappa shape index (κ1) is 6.52. The Bertz CT molecular complexity index is 166. The molecule has 0 radical (unpaired) electrons. The highest BCUT2D eigenvalue weighted by atomic mass is 16.5. The lowest BCUT2D eigenvalue weighted by Gasteiger charge is -2.22. The van der Waals surface area contributed by atoms with Crippen molar-refractivity contribution in [1.82, 2.24) is 0 Å². The first-order valence-electron chi connectivity index (χ1n) is 2.91. The fraction of sp³-hybridized carbons (Fsp3) is 0.429. The lowest BCUT2D eigenvalue weighted by molar-refractivity contribution is -0.125. The second-order valence-electron chi connectivity index (χ2n) is 2.30. The van der Waals surface area contributed by atoms with Crippen LogP contribution in [0.15, 0.2) is 23.8 Å². The minimum atomic E-state index is -1.59. The van der Waals surface area contributed by atoms with Gasteiger partial charge in [-0.3, -0.25) is 0 Å². The van der Waals surface area contributed by atoms with Crippen LogP contribution in [0.1, 0.15) is 13.3 Å². The van der Waals surface area contributed by atoms with Crippen LogP contribution in [0, 0.1) is 0 Å². The van der Waals surface area contributed by atoms with Gasteiger partial charge in [0.25, 0.3) is 0 Å². The van der Waals surface area contributed by atoms with Crippen LogP contribution in [0.25, 0.3) is 0 Å². The van der Waals surface area contributed by atoms with E-state index in [9.17, 15) is 0 Å². The van der Waals surface area contributed by atoms with E-state index in [2.05, 4.69) is 0 Å². The Kier molecular flexibility index (Phi) is 1.43. The van der Waals surface area contributed by atoms with Gasteiger partial charge in [-0.25, -0.2) is 0 Å². The number of aliphatic hydroxyl groups is 2. The summed E-state index contributed by atoms with van der Waals surface area (Å²) in [5.41, 5.74) is 0.602. The van der Waals surface area contributed by atoms with Gasteiger partial charge in [-0.2, -0.15) is 0 Å². The second kappa shape index (κ2) is 1.97. The summed E-state index contributed by atoms with van der Waals surface area (Å²) in [6, 6.07) is 0. The van der Waals surface area contributed by atoms with Crippen LogP contribution in [0.4, 0.5) is 0 Å². The standard InChI is InChI=1S/C7H10O2/c1-6-4-2-3-5-7(6,8)9/h2-4,8-9H,5H2,1H3. The summed E-state index contributed by atoms with van der Waals surface area (Å²) >= 11 is 0. The Morgan fingerprint density at radius 3 is 2.56 bits per heavy atom. The molecule has 0 aliphatic heterocycles. The van der Waals surface area contributed by atoms with Gasteiger partial charge < -0.3 is 10.2 Å². The van der Waals surface area contributed by atoms with Crippen molar-refractivity contribution >= 4 is 0 Å². The van der Waals surface area contributed by atoms with Gasteiger partial charge in [0.05, 0.1) is 0 Å². The van der Waals surface area contributed by atoms with Gasteiger partial charge >= 0.3 is 0 Å². The molecule has 0 amide bonds. The largest absolute Gasteiger partial charge is 0.362 e. The normalized spacial score (nSPS) is 23.7. The van der Waals surface area contributed by atoms with Gasteiger partial charge in [-0.15, -0.1) is 0 Å². The van der Waals surface area contributed by atoms with Crippen LogP contribution in [-0.2, 0) is 0 Å². The molecule has 9 heavy (non-hydrogen) atoms. The Hall–Kier alpha value is -0.600. The van der Waals surface area contributed by atoms with Gasteiger partial charge in [0, 0.05) is 6.42 Å². The SMILES string of the molecule is CC1=CC=CCC1(O)O. The molecular formula is C7H10O2. The fourth-order valence-electron chi connectivity index (χ4n) is 0.739. The van der Waals surface area contributed by atoms with Crippen LogP contribution in [0.3, 0.4) is 0 Å². The molecule has 2 nitrogen and oxygen atoms in total. The average molecular weight is 126 g/mol. The lowest BCUT2D eigenvalue weighted by Crippen LogP contribution is -2.29. The number of allylic oxidation sites excluding steroid dienone is 2. The summed E-state index contributed by atoms with van der Waals surface area (Å²) < 4.78 is 0. The van der Waals surface area contributed by atoms with Crippen molar-refractivity contribution in [3.63, 3.8) is 0 Å². The minimum absolute atomic E-state index is 0.301. The summed E-state index contributed by atoms with van der Waals surface area (Å²) in [7, 11) is 0. The molecule has 0 saturated carbocycles. The van der Waals surface area contributed by atoms with Crippen molar-refractivity contribution in [1.29, 1.82) is 0 Å². The van der Waals surface area contributed by atoms with Crippen LogP contribution in [-0.4, -0.2) is 16.0 Å². The predicted molar refractivity (Wildman–Crippen MR) is 34.7 cm³/mol. The molecule has 2 N–H and O–H groups in total. The van der Waals surface area contributed by atoms with Crippen molar-refractivity contribution in [2.24, 2.45) is 0 Å². The van der Waals surface area contributed by atoms with E-state index in [4.69, 9.17) is 10.2 Å². The second-order valence-corrected chi connectivity index (χ2v) is 2.30. The number of rotatable bonds is 0. The van der Waals surface area contributed by atoms with Crippen molar-refractivity contribution in [2.45, 2.75) is 19.1 Å². The van der Waals surface area contributed by atoms with Crippen molar-refractivity contribution in [3.8, 4) is 0 Å². The van der Waals surface area contributed by atoms with E-state index in [0.29, 0.717) is 12.0 Å². The van der Waals surface area contributed by atoms with E-state index in [1.54, 1.807) is 19.1 Å². The fourth-order valence-corrected chi connectivity index (χ4v) is 0.739. The summed E-state index contributed by atoms with van der Waals surface area (Å²) in [6.07, 6.45) is 5.55. The Balaban J connectivity index is 2.83. The maximum Gasteiger partial charge on any atom is 0.189 e. The lowest BCUT2D eigenvalue weighted by atomic mass is 10.00.